The molecule has 0 aliphatic rings. The topological polar surface area (TPSA) is 63.6 Å². The van der Waals surface area contributed by atoms with Crippen molar-refractivity contribution in [2.75, 3.05) is 0 Å². The number of carboxylic acid groups (broad SMARTS) is 1. The van der Waals surface area contributed by atoms with Gasteiger partial charge >= 0.3 is 11.9 Å². The summed E-state index contributed by atoms with van der Waals surface area (Å²) in [5.74, 6) is -0.890. The van der Waals surface area contributed by atoms with Crippen LogP contribution < -0.4 is 0 Å². The number of aliphatic carboxylic acids is 1. The summed E-state index contributed by atoms with van der Waals surface area (Å²) < 4.78 is 5.34. The van der Waals surface area contributed by atoms with Crippen LogP contribution >= 0.6 is 0 Å². The van der Waals surface area contributed by atoms with Gasteiger partial charge in [0.15, 0.2) is 0 Å². The van der Waals surface area contributed by atoms with Crippen molar-refractivity contribution in [3.05, 3.63) is 0 Å². The summed E-state index contributed by atoms with van der Waals surface area (Å²) in [5.41, 5.74) is -0.511. The van der Waals surface area contributed by atoms with Gasteiger partial charge in [-0.3, -0.25) is 9.59 Å². The van der Waals surface area contributed by atoms with Crippen molar-refractivity contribution in [2.24, 2.45) is 5.92 Å². The molecule has 4 heteroatoms. The maximum Gasteiger partial charge on any atom is 0.306 e. The Labute approximate surface area is 110 Å². The predicted molar refractivity (Wildman–Crippen MR) is 70.3 cm³/mol. The second-order valence-corrected chi connectivity index (χ2v) is 5.58. The molecule has 0 bridgehead atoms. The van der Waals surface area contributed by atoms with Crippen LogP contribution in [0.3, 0.4) is 0 Å². The molecule has 4 nitrogen and oxygen atoms in total. The number of carbonyl (C=O) groups is 2. The molecule has 0 aliphatic heterocycles. The van der Waals surface area contributed by atoms with Crippen molar-refractivity contribution >= 4 is 11.9 Å². The molecule has 0 saturated carbocycles. The first kappa shape index (κ1) is 16.9. The Bertz CT molecular complexity index is 271. The lowest BCUT2D eigenvalue weighted by molar-refractivity contribution is -0.159. The SMILES string of the molecule is CCCCC(C)CC(C)(C)OC(=O)CCC(=O)O. The molecule has 1 N–H and O–H groups in total. The first-order chi connectivity index (χ1) is 8.26. The highest BCUT2D eigenvalue weighted by Gasteiger charge is 2.25. The Morgan fingerprint density at radius 2 is 1.89 bits per heavy atom. The highest BCUT2D eigenvalue weighted by Crippen LogP contribution is 2.24. The van der Waals surface area contributed by atoms with E-state index in [2.05, 4.69) is 13.8 Å². The standard InChI is InChI=1S/C14H26O4/c1-5-6-7-11(2)10-14(3,4)18-13(17)9-8-12(15)16/h11H,5-10H2,1-4H3,(H,15,16). The Balaban J connectivity index is 4.04. The molecule has 0 aliphatic carbocycles. The van der Waals surface area contributed by atoms with Crippen LogP contribution in [0.1, 0.15) is 66.2 Å². The van der Waals surface area contributed by atoms with Crippen LogP contribution in [0.2, 0.25) is 0 Å². The van der Waals surface area contributed by atoms with Gasteiger partial charge in [0.05, 0.1) is 12.8 Å². The molecule has 1 atom stereocenters. The number of carbonyl (C=O) groups excluding carboxylic acids is 1. The fourth-order valence-electron chi connectivity index (χ4n) is 2.10. The highest BCUT2D eigenvalue weighted by molar-refractivity contribution is 5.76. The van der Waals surface area contributed by atoms with Gasteiger partial charge in [-0.25, -0.2) is 0 Å². The zero-order valence-corrected chi connectivity index (χ0v) is 12.0. The third-order valence-corrected chi connectivity index (χ3v) is 2.82. The van der Waals surface area contributed by atoms with Crippen molar-refractivity contribution in [1.29, 1.82) is 0 Å². The van der Waals surface area contributed by atoms with E-state index in [1.165, 1.54) is 12.8 Å². The van der Waals surface area contributed by atoms with Gasteiger partial charge in [-0.15, -0.1) is 0 Å². The lowest BCUT2D eigenvalue weighted by Gasteiger charge is -2.28. The molecule has 0 saturated heterocycles. The number of rotatable bonds is 9. The molecule has 0 heterocycles. The summed E-state index contributed by atoms with van der Waals surface area (Å²) in [5, 5.41) is 8.50. The Hall–Kier alpha value is -1.06. The molecule has 0 fully saturated rings. The van der Waals surface area contributed by atoms with Gasteiger partial charge in [-0.05, 0) is 26.2 Å². The Morgan fingerprint density at radius 3 is 2.39 bits per heavy atom. The summed E-state index contributed by atoms with van der Waals surface area (Å²) in [6.07, 6.45) is 4.08. The third-order valence-electron chi connectivity index (χ3n) is 2.82. The molecule has 106 valence electrons. The average Bonchev–Trinajstić information content (AvgIpc) is 2.22. The quantitative estimate of drug-likeness (QED) is 0.644. The molecule has 0 amide bonds. The van der Waals surface area contributed by atoms with Crippen LogP contribution in [0.4, 0.5) is 0 Å². The molecule has 0 spiro atoms. The van der Waals surface area contributed by atoms with E-state index in [0.29, 0.717) is 5.92 Å². The third kappa shape index (κ3) is 9.02. The number of hydrogen-bond donors (Lipinski definition) is 1. The van der Waals surface area contributed by atoms with Crippen molar-refractivity contribution in [2.45, 2.75) is 71.8 Å². The first-order valence-corrected chi connectivity index (χ1v) is 6.70. The fourth-order valence-corrected chi connectivity index (χ4v) is 2.10. The lowest BCUT2D eigenvalue weighted by Crippen LogP contribution is -2.30. The molecular weight excluding hydrogens is 232 g/mol. The van der Waals surface area contributed by atoms with E-state index in [1.807, 2.05) is 13.8 Å². The zero-order chi connectivity index (χ0) is 14.2. The predicted octanol–water partition coefficient (Wildman–Crippen LogP) is 3.39. The number of ether oxygens (including phenoxy) is 1. The van der Waals surface area contributed by atoms with Gasteiger partial charge < -0.3 is 9.84 Å². The molecule has 18 heavy (non-hydrogen) atoms. The van der Waals surface area contributed by atoms with Crippen LogP contribution in [0.25, 0.3) is 0 Å². The second kappa shape index (κ2) is 8.11. The largest absolute Gasteiger partial charge is 0.481 e. The molecule has 0 aromatic heterocycles. The van der Waals surface area contributed by atoms with Crippen LogP contribution in [0, 0.1) is 5.92 Å². The monoisotopic (exact) mass is 258 g/mol. The summed E-state index contributed by atoms with van der Waals surface area (Å²) in [6, 6.07) is 0. The number of unbranched alkanes of at least 4 members (excludes halogenated alkanes) is 1. The lowest BCUT2D eigenvalue weighted by atomic mass is 9.91. The fraction of sp³-hybridized carbons (Fsp3) is 0.857. The highest BCUT2D eigenvalue weighted by atomic mass is 16.6. The minimum atomic E-state index is -0.971. The van der Waals surface area contributed by atoms with Gasteiger partial charge in [0.25, 0.3) is 0 Å². The van der Waals surface area contributed by atoms with Crippen LogP contribution in [0.15, 0.2) is 0 Å². The number of hydrogen-bond acceptors (Lipinski definition) is 3. The summed E-state index contributed by atoms with van der Waals surface area (Å²) in [7, 11) is 0. The van der Waals surface area contributed by atoms with E-state index in [4.69, 9.17) is 9.84 Å². The van der Waals surface area contributed by atoms with E-state index in [9.17, 15) is 9.59 Å². The Kier molecular flexibility index (Phi) is 7.64. The molecular formula is C14H26O4. The van der Waals surface area contributed by atoms with Crippen LogP contribution in [-0.4, -0.2) is 22.6 Å². The van der Waals surface area contributed by atoms with Crippen molar-refractivity contribution < 1.29 is 19.4 Å². The summed E-state index contributed by atoms with van der Waals surface area (Å²) >= 11 is 0. The number of carboxylic acids is 1. The van der Waals surface area contributed by atoms with Gasteiger partial charge in [0.1, 0.15) is 5.60 Å². The van der Waals surface area contributed by atoms with Gasteiger partial charge in [0.2, 0.25) is 0 Å². The molecule has 0 rings (SSSR count). The number of esters is 1. The molecule has 0 radical (unpaired) electrons. The molecule has 0 aromatic carbocycles. The van der Waals surface area contributed by atoms with E-state index < -0.39 is 17.5 Å². The smallest absolute Gasteiger partial charge is 0.306 e. The zero-order valence-electron chi connectivity index (χ0n) is 12.0. The summed E-state index contributed by atoms with van der Waals surface area (Å²) in [6.45, 7) is 8.08. The normalized spacial score (nSPS) is 13.1. The van der Waals surface area contributed by atoms with Gasteiger partial charge in [0, 0.05) is 0 Å². The van der Waals surface area contributed by atoms with E-state index in [1.54, 1.807) is 0 Å². The van der Waals surface area contributed by atoms with Crippen molar-refractivity contribution in [1.82, 2.24) is 0 Å². The summed E-state index contributed by atoms with van der Waals surface area (Å²) in [4.78, 5) is 21.8. The average molecular weight is 258 g/mol. The molecule has 1 unspecified atom stereocenters. The van der Waals surface area contributed by atoms with Gasteiger partial charge in [-0.1, -0.05) is 33.1 Å². The van der Waals surface area contributed by atoms with E-state index in [-0.39, 0.29) is 12.8 Å². The Morgan fingerprint density at radius 1 is 1.28 bits per heavy atom. The minimum absolute atomic E-state index is 0.0535. The van der Waals surface area contributed by atoms with Crippen LogP contribution in [0.5, 0.6) is 0 Å². The van der Waals surface area contributed by atoms with Gasteiger partial charge in [-0.2, -0.15) is 0 Å². The maximum atomic E-state index is 11.5. The van der Waals surface area contributed by atoms with Crippen LogP contribution in [-0.2, 0) is 14.3 Å². The maximum absolute atomic E-state index is 11.5. The second-order valence-electron chi connectivity index (χ2n) is 5.58. The van der Waals surface area contributed by atoms with E-state index >= 15 is 0 Å². The minimum Gasteiger partial charge on any atom is -0.481 e. The van der Waals surface area contributed by atoms with Crippen molar-refractivity contribution in [3.8, 4) is 0 Å². The molecule has 0 aromatic rings. The first-order valence-electron chi connectivity index (χ1n) is 6.70. The van der Waals surface area contributed by atoms with Crippen molar-refractivity contribution in [3.63, 3.8) is 0 Å². The van der Waals surface area contributed by atoms with E-state index in [0.717, 1.165) is 12.8 Å².